The van der Waals surface area contributed by atoms with Gasteiger partial charge in [-0.05, 0) is 100 Å². The summed E-state index contributed by atoms with van der Waals surface area (Å²) < 4.78 is 17.6. The molecule has 1 aliphatic carbocycles. The molecule has 0 aromatic heterocycles. The van der Waals surface area contributed by atoms with Crippen molar-refractivity contribution in [1.29, 1.82) is 0 Å². The summed E-state index contributed by atoms with van der Waals surface area (Å²) in [6, 6.07) is 10.7. The number of benzene rings is 1. The zero-order chi connectivity index (χ0) is 26.3. The average molecular weight is 515 g/mol. The Balaban J connectivity index is 1.48. The summed E-state index contributed by atoms with van der Waals surface area (Å²) in [5.41, 5.74) is 1.35. The van der Waals surface area contributed by atoms with E-state index in [2.05, 4.69) is 49.4 Å². The van der Waals surface area contributed by atoms with Crippen LogP contribution in [0.3, 0.4) is 0 Å². The number of aryl methyl sites for hydroxylation is 1. The second-order valence-corrected chi connectivity index (χ2v) is 11.1. The van der Waals surface area contributed by atoms with Gasteiger partial charge in [0.25, 0.3) is 0 Å². The minimum Gasteiger partial charge on any atom is -0.466 e. The zero-order valence-corrected chi connectivity index (χ0v) is 23.2. The molecular weight excluding hydrogens is 464 g/mol. The van der Waals surface area contributed by atoms with Crippen molar-refractivity contribution >= 4 is 5.97 Å². The Kier molecular flexibility index (Phi) is 13.7. The second-order valence-electron chi connectivity index (χ2n) is 11.1. The second kappa shape index (κ2) is 17.0. The number of allylic oxidation sites excluding steroid dienone is 2. The van der Waals surface area contributed by atoms with E-state index in [0.29, 0.717) is 30.8 Å². The molecule has 1 N–H and O–H groups in total. The number of rotatable bonds is 16. The first-order valence-corrected chi connectivity index (χ1v) is 14.9. The first kappa shape index (κ1) is 29.9. The molecule has 1 aromatic carbocycles. The molecule has 0 bridgehead atoms. The van der Waals surface area contributed by atoms with E-state index in [4.69, 9.17) is 14.2 Å². The molecule has 5 nitrogen and oxygen atoms in total. The lowest BCUT2D eigenvalue weighted by molar-refractivity contribution is -0.191. The van der Waals surface area contributed by atoms with Crippen LogP contribution < -0.4 is 0 Å². The summed E-state index contributed by atoms with van der Waals surface area (Å²) in [6.45, 7) is 5.62. The van der Waals surface area contributed by atoms with Crippen LogP contribution in [0, 0.1) is 17.8 Å². The summed E-state index contributed by atoms with van der Waals surface area (Å²) >= 11 is 0. The summed E-state index contributed by atoms with van der Waals surface area (Å²) in [4.78, 5) is 11.6. The number of esters is 1. The Bertz CT molecular complexity index is 773. The SMILES string of the molecule is CCCOC(=O)CCC/C=C\C[C@@H]1[C@@H](CC[C@H](CCc2ccccc2)OC2CCCCO2)[C@H](C)C[C@@H]1O. The van der Waals surface area contributed by atoms with Crippen LogP contribution in [-0.4, -0.2) is 42.8 Å². The van der Waals surface area contributed by atoms with Crippen LogP contribution in [-0.2, 0) is 25.4 Å². The summed E-state index contributed by atoms with van der Waals surface area (Å²) in [5.74, 6) is 1.21. The standard InChI is InChI=1S/C32H50O5/c1-3-22-35-31(34)16-10-5-4-9-15-29-28(25(2)24-30(29)33)21-20-27(37-32-17-11-12-23-36-32)19-18-26-13-7-6-8-14-26/h4,6-9,13-14,25,27-30,32-33H,3,5,10-12,15-24H2,1-2H3/b9-4-/t25-,27+,28+,29-,30+,32?/m1/s1. The van der Waals surface area contributed by atoms with Crippen molar-refractivity contribution in [3.05, 3.63) is 48.0 Å². The fraction of sp³-hybridized carbons (Fsp3) is 0.719. The van der Waals surface area contributed by atoms with Gasteiger partial charge in [0.05, 0.1) is 18.8 Å². The Hall–Kier alpha value is -1.69. The zero-order valence-electron chi connectivity index (χ0n) is 23.2. The van der Waals surface area contributed by atoms with Crippen molar-refractivity contribution in [2.75, 3.05) is 13.2 Å². The van der Waals surface area contributed by atoms with E-state index in [1.54, 1.807) is 0 Å². The molecule has 3 rings (SSSR count). The molecule has 1 heterocycles. The highest BCUT2D eigenvalue weighted by molar-refractivity contribution is 5.69. The fourth-order valence-electron chi connectivity index (χ4n) is 5.96. The van der Waals surface area contributed by atoms with Crippen LogP contribution in [0.25, 0.3) is 0 Å². The van der Waals surface area contributed by atoms with E-state index in [1.165, 1.54) is 12.0 Å². The van der Waals surface area contributed by atoms with E-state index in [-0.39, 0.29) is 24.5 Å². The summed E-state index contributed by atoms with van der Waals surface area (Å²) in [6.07, 6.45) is 16.5. The van der Waals surface area contributed by atoms with Gasteiger partial charge in [-0.1, -0.05) is 56.3 Å². The molecule has 37 heavy (non-hydrogen) atoms. The number of hydrogen-bond acceptors (Lipinski definition) is 5. The van der Waals surface area contributed by atoms with E-state index in [9.17, 15) is 9.90 Å². The maximum absolute atomic E-state index is 11.6. The van der Waals surface area contributed by atoms with Gasteiger partial charge >= 0.3 is 5.97 Å². The van der Waals surface area contributed by atoms with Crippen molar-refractivity contribution in [3.63, 3.8) is 0 Å². The Labute approximate surface area is 225 Å². The van der Waals surface area contributed by atoms with Gasteiger partial charge in [-0.2, -0.15) is 0 Å². The molecule has 208 valence electrons. The number of hydrogen-bond donors (Lipinski definition) is 1. The van der Waals surface area contributed by atoms with E-state index < -0.39 is 0 Å². The molecule has 1 saturated heterocycles. The number of unbranched alkanes of at least 4 members (excludes halogenated alkanes) is 1. The molecule has 1 saturated carbocycles. The van der Waals surface area contributed by atoms with E-state index in [0.717, 1.165) is 77.2 Å². The molecule has 2 fully saturated rings. The van der Waals surface area contributed by atoms with Crippen LogP contribution in [0.2, 0.25) is 0 Å². The summed E-state index contributed by atoms with van der Waals surface area (Å²) in [5, 5.41) is 10.8. The van der Waals surface area contributed by atoms with Crippen molar-refractivity contribution in [1.82, 2.24) is 0 Å². The molecule has 2 aliphatic rings. The highest BCUT2D eigenvalue weighted by Crippen LogP contribution is 2.42. The number of carbonyl (C=O) groups excluding carboxylic acids is 1. The Morgan fingerprint density at radius 2 is 2.00 bits per heavy atom. The van der Waals surface area contributed by atoms with Crippen LogP contribution in [0.4, 0.5) is 0 Å². The Morgan fingerprint density at radius 1 is 1.16 bits per heavy atom. The maximum atomic E-state index is 11.6. The van der Waals surface area contributed by atoms with Gasteiger partial charge in [0.1, 0.15) is 0 Å². The topological polar surface area (TPSA) is 65.0 Å². The normalized spacial score (nSPS) is 26.9. The number of aliphatic hydroxyl groups is 1. The molecule has 5 heteroatoms. The molecule has 1 unspecified atom stereocenters. The fourth-order valence-corrected chi connectivity index (χ4v) is 5.96. The third-order valence-corrected chi connectivity index (χ3v) is 8.08. The number of carbonyl (C=O) groups is 1. The first-order valence-electron chi connectivity index (χ1n) is 14.9. The monoisotopic (exact) mass is 514 g/mol. The van der Waals surface area contributed by atoms with Gasteiger partial charge < -0.3 is 19.3 Å². The van der Waals surface area contributed by atoms with Gasteiger partial charge in [-0.3, -0.25) is 4.79 Å². The predicted molar refractivity (Wildman–Crippen MR) is 148 cm³/mol. The van der Waals surface area contributed by atoms with Crippen LogP contribution in [0.1, 0.15) is 96.5 Å². The number of aliphatic hydroxyl groups excluding tert-OH is 1. The summed E-state index contributed by atoms with van der Waals surface area (Å²) in [7, 11) is 0. The highest BCUT2D eigenvalue weighted by atomic mass is 16.7. The molecular formula is C32H50O5. The van der Waals surface area contributed by atoms with Crippen LogP contribution >= 0.6 is 0 Å². The quantitative estimate of drug-likeness (QED) is 0.146. The highest BCUT2D eigenvalue weighted by Gasteiger charge is 2.39. The first-order chi connectivity index (χ1) is 18.1. The average Bonchev–Trinajstić information content (AvgIpc) is 3.19. The van der Waals surface area contributed by atoms with Gasteiger partial charge in [-0.25, -0.2) is 0 Å². The van der Waals surface area contributed by atoms with Gasteiger partial charge in [0, 0.05) is 13.0 Å². The van der Waals surface area contributed by atoms with Crippen molar-refractivity contribution in [2.24, 2.45) is 17.8 Å². The third-order valence-electron chi connectivity index (χ3n) is 8.08. The van der Waals surface area contributed by atoms with Crippen LogP contribution in [0.5, 0.6) is 0 Å². The molecule has 1 aliphatic heterocycles. The maximum Gasteiger partial charge on any atom is 0.305 e. The van der Waals surface area contributed by atoms with Gasteiger partial charge in [0.2, 0.25) is 0 Å². The smallest absolute Gasteiger partial charge is 0.305 e. The molecule has 6 atom stereocenters. The lowest BCUT2D eigenvalue weighted by Crippen LogP contribution is -2.29. The third kappa shape index (κ3) is 10.9. The van der Waals surface area contributed by atoms with E-state index in [1.807, 2.05) is 6.92 Å². The van der Waals surface area contributed by atoms with Gasteiger partial charge in [-0.15, -0.1) is 0 Å². The predicted octanol–water partition coefficient (Wildman–Crippen LogP) is 7.01. The Morgan fingerprint density at radius 3 is 2.76 bits per heavy atom. The van der Waals surface area contributed by atoms with Gasteiger partial charge in [0.15, 0.2) is 6.29 Å². The molecule has 0 amide bonds. The van der Waals surface area contributed by atoms with Crippen molar-refractivity contribution in [3.8, 4) is 0 Å². The number of ether oxygens (including phenoxy) is 3. The minimum absolute atomic E-state index is 0.0703. The molecule has 0 spiro atoms. The van der Waals surface area contributed by atoms with Crippen molar-refractivity contribution < 1.29 is 24.1 Å². The molecule has 1 aromatic rings. The minimum atomic E-state index is -0.237. The lowest BCUT2D eigenvalue weighted by Gasteiger charge is -2.30. The lowest BCUT2D eigenvalue weighted by atomic mass is 9.83. The van der Waals surface area contributed by atoms with E-state index >= 15 is 0 Å². The largest absolute Gasteiger partial charge is 0.466 e. The van der Waals surface area contributed by atoms with Crippen molar-refractivity contribution in [2.45, 2.75) is 116 Å². The molecule has 0 radical (unpaired) electrons. The van der Waals surface area contributed by atoms with Crippen LogP contribution in [0.15, 0.2) is 42.5 Å².